The fraction of sp³-hybridized carbons (Fsp3) is 0.364. The van der Waals surface area contributed by atoms with Crippen LogP contribution in [0.3, 0.4) is 0 Å². The van der Waals surface area contributed by atoms with E-state index < -0.39 is 0 Å². The van der Waals surface area contributed by atoms with Crippen molar-refractivity contribution < 1.29 is 0 Å². The highest BCUT2D eigenvalue weighted by Gasteiger charge is 2.22. The van der Waals surface area contributed by atoms with Crippen molar-refractivity contribution in [1.29, 1.82) is 0 Å². The molecule has 0 spiro atoms. The summed E-state index contributed by atoms with van der Waals surface area (Å²) in [5, 5.41) is 4.31. The van der Waals surface area contributed by atoms with Gasteiger partial charge in [0.05, 0.1) is 33.8 Å². The van der Waals surface area contributed by atoms with E-state index >= 15 is 0 Å². The van der Waals surface area contributed by atoms with E-state index in [1.165, 1.54) is 44.5 Å². The third kappa shape index (κ3) is 5.40. The molecule has 0 amide bonds. The van der Waals surface area contributed by atoms with Gasteiger partial charge in [0.15, 0.2) is 0 Å². The average Bonchev–Trinajstić information content (AvgIpc) is 3.90. The summed E-state index contributed by atoms with van der Waals surface area (Å²) in [6.07, 6.45) is 15.3. The highest BCUT2D eigenvalue weighted by molar-refractivity contribution is 6.01. The van der Waals surface area contributed by atoms with E-state index in [2.05, 4.69) is 89.6 Å². The Balaban J connectivity index is 1.73. The Kier molecular flexibility index (Phi) is 9.30. The summed E-state index contributed by atoms with van der Waals surface area (Å²) in [4.78, 5) is 28.2. The second-order valence-electron chi connectivity index (χ2n) is 13.4. The van der Waals surface area contributed by atoms with E-state index in [9.17, 15) is 0 Å². The first-order valence-electron chi connectivity index (χ1n) is 18.9. The Hall–Kier alpha value is -4.84. The molecule has 7 rings (SSSR count). The number of H-pyrrole nitrogens is 2. The van der Waals surface area contributed by atoms with Crippen molar-refractivity contribution in [3.63, 3.8) is 0 Å². The van der Waals surface area contributed by atoms with Crippen LogP contribution >= 0.6 is 0 Å². The van der Waals surface area contributed by atoms with Gasteiger partial charge in [0.25, 0.3) is 0 Å². The van der Waals surface area contributed by atoms with Crippen molar-refractivity contribution in [2.75, 3.05) is 0 Å². The molecule has 0 saturated heterocycles. The van der Waals surface area contributed by atoms with Crippen molar-refractivity contribution in [3.8, 4) is 0 Å². The first-order chi connectivity index (χ1) is 24.4. The number of nitrogens with one attached hydrogen (secondary N) is 2. The zero-order valence-electron chi connectivity index (χ0n) is 31.1. The number of pyridine rings is 2. The highest BCUT2D eigenvalue weighted by atomic mass is 14.8. The summed E-state index contributed by atoms with van der Waals surface area (Å²) < 4.78 is 0. The molecule has 6 heteroatoms. The van der Waals surface area contributed by atoms with Crippen molar-refractivity contribution in [2.45, 2.75) is 107 Å². The van der Waals surface area contributed by atoms with Gasteiger partial charge in [0.2, 0.25) is 0 Å². The molecule has 0 fully saturated rings. The minimum atomic E-state index is 0.911. The summed E-state index contributed by atoms with van der Waals surface area (Å²) in [5.74, 6) is 0. The van der Waals surface area contributed by atoms with Gasteiger partial charge in [-0.1, -0.05) is 55.4 Å². The van der Waals surface area contributed by atoms with Crippen LogP contribution in [-0.2, 0) is 25.7 Å². The average molecular weight is 663 g/mol. The van der Waals surface area contributed by atoms with Crippen LogP contribution in [0.15, 0.2) is 49.1 Å². The fourth-order valence-electron chi connectivity index (χ4n) is 8.58. The quantitative estimate of drug-likeness (QED) is 0.173. The molecule has 6 nitrogen and oxygen atoms in total. The molecule has 5 aromatic rings. The first kappa shape index (κ1) is 33.6. The zero-order chi connectivity index (χ0) is 35.1. The van der Waals surface area contributed by atoms with Crippen LogP contribution in [0.4, 0.5) is 0 Å². The van der Waals surface area contributed by atoms with E-state index in [0.717, 1.165) is 118 Å². The fourth-order valence-corrected chi connectivity index (χ4v) is 8.58. The maximum atomic E-state index is 5.39. The third-order valence-electron chi connectivity index (χ3n) is 10.9. The minimum Gasteiger partial charge on any atom is -0.354 e. The zero-order valence-corrected chi connectivity index (χ0v) is 31.1. The Morgan fingerprint density at radius 3 is 1.10 bits per heavy atom. The summed E-state index contributed by atoms with van der Waals surface area (Å²) in [5.41, 5.74) is 19.3. The number of hydrogen-bond donors (Lipinski definition) is 2. The van der Waals surface area contributed by atoms with Crippen molar-refractivity contribution >= 4 is 65.9 Å². The standard InChI is InChI=1S/C44H50N6/c1-9-29-33(13-5)41-25-17-26(22-45-21-25)43-35(15-7)31(11-3)39(49-43)20-40-32(12-4)36(16-8)44(50-40)28-18-27(23-46-24-28)42-34(14-6)30(10-2)38(48-42)19-37(29)47-41/h17-24,47,50H,9-16H2,1-8H3. The van der Waals surface area contributed by atoms with Gasteiger partial charge in [0, 0.05) is 57.4 Å². The summed E-state index contributed by atoms with van der Waals surface area (Å²) in [6, 6.07) is 9.15. The van der Waals surface area contributed by atoms with Crippen LogP contribution in [0.5, 0.6) is 0 Å². The van der Waals surface area contributed by atoms with Crippen LogP contribution in [-0.4, -0.2) is 29.9 Å². The largest absolute Gasteiger partial charge is 0.354 e. The molecule has 2 aliphatic heterocycles. The number of aryl methyl sites for hydroxylation is 4. The topological polar surface area (TPSA) is 83.1 Å². The van der Waals surface area contributed by atoms with Gasteiger partial charge in [-0.15, -0.1) is 0 Å². The maximum Gasteiger partial charge on any atom is 0.0760 e. The maximum absolute atomic E-state index is 5.39. The minimum absolute atomic E-state index is 0.911. The number of fused-ring (bicyclic) bond motifs is 16. The Morgan fingerprint density at radius 1 is 0.400 bits per heavy atom. The van der Waals surface area contributed by atoms with Crippen LogP contribution in [0, 0.1) is 0 Å². The van der Waals surface area contributed by atoms with Crippen molar-refractivity contribution in [3.05, 3.63) is 94.1 Å². The van der Waals surface area contributed by atoms with Crippen molar-refractivity contribution in [2.24, 2.45) is 0 Å². The van der Waals surface area contributed by atoms with Crippen LogP contribution < -0.4 is 0 Å². The van der Waals surface area contributed by atoms with Crippen LogP contribution in [0.2, 0.25) is 0 Å². The molecule has 0 saturated carbocycles. The lowest BCUT2D eigenvalue weighted by atomic mass is 9.98. The normalized spacial score (nSPS) is 13.3. The molecule has 0 radical (unpaired) electrons. The SMILES string of the molecule is CCC1=C(CC)c2nc1cc1[nH]c(c(CC)c1CC)c1cncc(c1)c1nc(cc3[nH]c(c(CC)c3CC)c3cncc2c3)C(CC)=C1CC. The molecule has 5 aromatic heterocycles. The molecular formula is C44H50N6. The number of rotatable bonds is 8. The van der Waals surface area contributed by atoms with Gasteiger partial charge in [-0.3, -0.25) is 9.97 Å². The first-order valence-corrected chi connectivity index (χ1v) is 18.9. The lowest BCUT2D eigenvalue weighted by Gasteiger charge is -2.04. The lowest BCUT2D eigenvalue weighted by molar-refractivity contribution is 1.07. The molecule has 7 heterocycles. The van der Waals surface area contributed by atoms with Gasteiger partial charge in [-0.25, -0.2) is 9.97 Å². The van der Waals surface area contributed by atoms with Gasteiger partial charge >= 0.3 is 0 Å². The molecule has 256 valence electrons. The smallest absolute Gasteiger partial charge is 0.0760 e. The molecular weight excluding hydrogens is 613 g/mol. The molecule has 0 aromatic carbocycles. The second kappa shape index (κ2) is 13.8. The second-order valence-corrected chi connectivity index (χ2v) is 13.4. The van der Waals surface area contributed by atoms with Gasteiger partial charge in [-0.05, 0) is 120 Å². The molecule has 0 atom stereocenters. The van der Waals surface area contributed by atoms with Gasteiger partial charge in [0.1, 0.15) is 0 Å². The Morgan fingerprint density at radius 2 is 0.760 bits per heavy atom. The monoisotopic (exact) mass is 662 g/mol. The number of aromatic amines is 2. The molecule has 0 unspecified atom stereocenters. The Bertz CT molecular complexity index is 2250. The molecule has 12 bridgehead atoms. The van der Waals surface area contributed by atoms with E-state index in [0.29, 0.717) is 0 Å². The van der Waals surface area contributed by atoms with Gasteiger partial charge in [-0.2, -0.15) is 0 Å². The van der Waals surface area contributed by atoms with E-state index in [1.807, 2.05) is 24.8 Å². The molecule has 2 aliphatic rings. The predicted molar refractivity (Wildman–Crippen MR) is 213 cm³/mol. The Labute approximate surface area is 295 Å². The van der Waals surface area contributed by atoms with E-state index in [1.54, 1.807) is 0 Å². The molecule has 0 aliphatic carbocycles. The summed E-state index contributed by atoms with van der Waals surface area (Å²) in [6.45, 7) is 18.0. The highest BCUT2D eigenvalue weighted by Crippen LogP contribution is 2.39. The van der Waals surface area contributed by atoms with Gasteiger partial charge < -0.3 is 9.97 Å². The molecule has 50 heavy (non-hydrogen) atoms. The number of hydrogen-bond acceptors (Lipinski definition) is 4. The number of nitrogens with zero attached hydrogens (tertiary/aromatic N) is 4. The van der Waals surface area contributed by atoms with Crippen LogP contribution in [0.25, 0.3) is 65.9 Å². The van der Waals surface area contributed by atoms with Crippen molar-refractivity contribution in [1.82, 2.24) is 29.9 Å². The van der Waals surface area contributed by atoms with E-state index in [-0.39, 0.29) is 0 Å². The van der Waals surface area contributed by atoms with Crippen LogP contribution in [0.1, 0.15) is 126 Å². The summed E-state index contributed by atoms with van der Waals surface area (Å²) in [7, 11) is 0. The molecule has 2 N–H and O–H groups in total. The third-order valence-corrected chi connectivity index (χ3v) is 10.9. The van der Waals surface area contributed by atoms with E-state index in [4.69, 9.17) is 19.9 Å². The lowest BCUT2D eigenvalue weighted by Crippen LogP contribution is -1.87. The number of aromatic nitrogens is 6. The number of allylic oxidation sites excluding steroid dienone is 4. The predicted octanol–water partition coefficient (Wildman–Crippen LogP) is 11.7. The summed E-state index contributed by atoms with van der Waals surface area (Å²) >= 11 is 0.